The van der Waals surface area contributed by atoms with Crippen LogP contribution in [-0.4, -0.2) is 59.6 Å². The highest BCUT2D eigenvalue weighted by Gasteiger charge is 2.24. The van der Waals surface area contributed by atoms with Crippen molar-refractivity contribution in [1.29, 1.82) is 0 Å². The van der Waals surface area contributed by atoms with Crippen LogP contribution in [0.4, 0.5) is 10.1 Å². The predicted octanol–water partition coefficient (Wildman–Crippen LogP) is 3.30. The molecule has 0 aliphatic carbocycles. The van der Waals surface area contributed by atoms with Gasteiger partial charge in [0.1, 0.15) is 23.9 Å². The SMILES string of the molecule is COc1cccc(-c2nc3cc(C(=O)N4CCN(c5ccc(F)cc5)CC4)ccc3n2CC(N)=O)c1. The van der Waals surface area contributed by atoms with E-state index in [9.17, 15) is 14.0 Å². The quantitative estimate of drug-likeness (QED) is 0.451. The molecule has 3 aromatic carbocycles. The maximum Gasteiger partial charge on any atom is 0.254 e. The zero-order valence-electron chi connectivity index (χ0n) is 19.9. The van der Waals surface area contributed by atoms with E-state index in [1.165, 1.54) is 12.1 Å². The molecule has 9 heteroatoms. The van der Waals surface area contributed by atoms with Gasteiger partial charge in [-0.3, -0.25) is 9.59 Å². The lowest BCUT2D eigenvalue weighted by atomic mass is 10.1. The molecule has 4 aromatic rings. The molecule has 1 aliphatic rings. The summed E-state index contributed by atoms with van der Waals surface area (Å²) in [6.45, 7) is 2.39. The van der Waals surface area contributed by atoms with Crippen molar-refractivity contribution in [3.05, 3.63) is 78.1 Å². The number of methoxy groups -OCH3 is 1. The first-order valence-electron chi connectivity index (χ1n) is 11.7. The summed E-state index contributed by atoms with van der Waals surface area (Å²) in [5, 5.41) is 0. The first kappa shape index (κ1) is 23.3. The number of rotatable bonds is 6. The molecular weight excluding hydrogens is 461 g/mol. The van der Waals surface area contributed by atoms with E-state index in [0.29, 0.717) is 54.3 Å². The fraction of sp³-hybridized carbons (Fsp3) is 0.222. The lowest BCUT2D eigenvalue weighted by molar-refractivity contribution is -0.118. The summed E-state index contributed by atoms with van der Waals surface area (Å²) in [4.78, 5) is 33.8. The Morgan fingerprint density at radius 3 is 2.44 bits per heavy atom. The number of halogens is 1. The molecule has 2 heterocycles. The lowest BCUT2D eigenvalue weighted by Gasteiger charge is -2.36. The third-order valence-electron chi connectivity index (χ3n) is 6.40. The number of hydrogen-bond donors (Lipinski definition) is 1. The number of imidazole rings is 1. The first-order chi connectivity index (χ1) is 17.4. The van der Waals surface area contributed by atoms with E-state index in [1.807, 2.05) is 29.2 Å². The largest absolute Gasteiger partial charge is 0.497 e. The van der Waals surface area contributed by atoms with Gasteiger partial charge in [0.05, 0.1) is 18.1 Å². The van der Waals surface area contributed by atoms with Gasteiger partial charge in [-0.1, -0.05) is 12.1 Å². The Morgan fingerprint density at radius 1 is 1.00 bits per heavy atom. The summed E-state index contributed by atoms with van der Waals surface area (Å²) in [6.07, 6.45) is 0. The number of hydrogen-bond acceptors (Lipinski definition) is 5. The van der Waals surface area contributed by atoms with Crippen LogP contribution in [0.5, 0.6) is 5.75 Å². The van der Waals surface area contributed by atoms with E-state index in [0.717, 1.165) is 11.3 Å². The predicted molar refractivity (Wildman–Crippen MR) is 135 cm³/mol. The van der Waals surface area contributed by atoms with Crippen LogP contribution >= 0.6 is 0 Å². The molecule has 0 radical (unpaired) electrons. The molecule has 0 unspecified atom stereocenters. The molecule has 0 saturated carbocycles. The number of piperazine rings is 1. The van der Waals surface area contributed by atoms with Crippen LogP contribution in [0.15, 0.2) is 66.7 Å². The molecule has 36 heavy (non-hydrogen) atoms. The van der Waals surface area contributed by atoms with Crippen LogP contribution < -0.4 is 15.4 Å². The second-order valence-electron chi connectivity index (χ2n) is 8.68. The Hall–Kier alpha value is -4.40. The number of nitrogens with zero attached hydrogens (tertiary/aromatic N) is 4. The molecule has 184 valence electrons. The van der Waals surface area contributed by atoms with Crippen LogP contribution in [0, 0.1) is 5.82 Å². The fourth-order valence-electron chi connectivity index (χ4n) is 4.56. The van der Waals surface area contributed by atoms with Crippen molar-refractivity contribution in [1.82, 2.24) is 14.5 Å². The van der Waals surface area contributed by atoms with Crippen molar-refractivity contribution in [3.8, 4) is 17.1 Å². The topological polar surface area (TPSA) is 93.7 Å². The van der Waals surface area contributed by atoms with Crippen LogP contribution in [0.25, 0.3) is 22.4 Å². The number of amides is 2. The number of benzene rings is 3. The summed E-state index contributed by atoms with van der Waals surface area (Å²) in [5.41, 5.74) is 9.07. The Kier molecular flexibility index (Phi) is 6.28. The Morgan fingerprint density at radius 2 is 1.75 bits per heavy atom. The molecule has 1 saturated heterocycles. The van der Waals surface area contributed by atoms with Gasteiger partial charge in [0.15, 0.2) is 0 Å². The van der Waals surface area contributed by atoms with Gasteiger partial charge in [0, 0.05) is 43.0 Å². The van der Waals surface area contributed by atoms with Crippen LogP contribution in [0.1, 0.15) is 10.4 Å². The summed E-state index contributed by atoms with van der Waals surface area (Å²) < 4.78 is 20.3. The number of anilines is 1. The molecule has 1 fully saturated rings. The van der Waals surface area contributed by atoms with Gasteiger partial charge in [-0.25, -0.2) is 9.37 Å². The monoisotopic (exact) mass is 487 g/mol. The maximum absolute atomic E-state index is 13.3. The molecule has 0 atom stereocenters. The summed E-state index contributed by atoms with van der Waals surface area (Å²) >= 11 is 0. The molecule has 1 aliphatic heterocycles. The van der Waals surface area contributed by atoms with Gasteiger partial charge in [0.2, 0.25) is 5.91 Å². The average Bonchev–Trinajstić information content (AvgIpc) is 3.26. The van der Waals surface area contributed by atoms with Crippen molar-refractivity contribution in [2.24, 2.45) is 5.73 Å². The molecule has 2 N–H and O–H groups in total. The van der Waals surface area contributed by atoms with Gasteiger partial charge in [-0.15, -0.1) is 0 Å². The second-order valence-corrected chi connectivity index (χ2v) is 8.68. The van der Waals surface area contributed by atoms with E-state index in [1.54, 1.807) is 42.0 Å². The second kappa shape index (κ2) is 9.69. The minimum absolute atomic E-state index is 0.0400. The number of ether oxygens (including phenoxy) is 1. The summed E-state index contributed by atoms with van der Waals surface area (Å²) in [7, 11) is 1.59. The normalized spacial score (nSPS) is 13.7. The summed E-state index contributed by atoms with van der Waals surface area (Å²) in [5.74, 6) is 0.400. The minimum atomic E-state index is -0.488. The Bertz CT molecular complexity index is 1430. The Labute approximate surface area is 207 Å². The van der Waals surface area contributed by atoms with Gasteiger partial charge < -0.3 is 24.8 Å². The van der Waals surface area contributed by atoms with Crippen LogP contribution in [0.3, 0.4) is 0 Å². The van der Waals surface area contributed by atoms with E-state index < -0.39 is 5.91 Å². The van der Waals surface area contributed by atoms with Gasteiger partial charge in [-0.2, -0.15) is 0 Å². The Balaban J connectivity index is 1.40. The highest BCUT2D eigenvalue weighted by atomic mass is 19.1. The number of nitrogens with two attached hydrogens (primary N) is 1. The number of aromatic nitrogens is 2. The number of carbonyl (C=O) groups is 2. The first-order valence-corrected chi connectivity index (χ1v) is 11.7. The molecule has 0 bridgehead atoms. The average molecular weight is 488 g/mol. The molecular formula is C27H26FN5O3. The molecule has 2 amide bonds. The van der Waals surface area contributed by atoms with Crippen molar-refractivity contribution in [3.63, 3.8) is 0 Å². The van der Waals surface area contributed by atoms with Crippen LogP contribution in [0.2, 0.25) is 0 Å². The highest BCUT2D eigenvalue weighted by molar-refractivity contribution is 5.98. The number of carbonyl (C=O) groups excluding carboxylic acids is 2. The van der Waals surface area contributed by atoms with Crippen molar-refractivity contribution in [2.75, 3.05) is 38.2 Å². The third kappa shape index (κ3) is 4.59. The van der Waals surface area contributed by atoms with Crippen molar-refractivity contribution < 1.29 is 18.7 Å². The number of fused-ring (bicyclic) bond motifs is 1. The maximum atomic E-state index is 13.3. The minimum Gasteiger partial charge on any atom is -0.497 e. The fourth-order valence-corrected chi connectivity index (χ4v) is 4.56. The van der Waals surface area contributed by atoms with E-state index in [-0.39, 0.29) is 18.3 Å². The summed E-state index contributed by atoms with van der Waals surface area (Å²) in [6, 6.07) is 19.1. The van der Waals surface area contributed by atoms with Crippen molar-refractivity contribution in [2.45, 2.75) is 6.54 Å². The highest BCUT2D eigenvalue weighted by Crippen LogP contribution is 2.28. The molecule has 8 nitrogen and oxygen atoms in total. The standard InChI is InChI=1S/C27H26FN5O3/c1-36-22-4-2-3-18(15-22)26-30-23-16-19(5-10-24(23)33(26)17-25(29)34)27(35)32-13-11-31(12-14-32)21-8-6-20(28)7-9-21/h2-10,15-16H,11-14,17H2,1H3,(H2,29,34). The molecule has 0 spiro atoms. The van der Waals surface area contributed by atoms with Crippen LogP contribution in [-0.2, 0) is 11.3 Å². The number of primary amides is 1. The zero-order valence-corrected chi connectivity index (χ0v) is 19.9. The third-order valence-corrected chi connectivity index (χ3v) is 6.40. The lowest BCUT2D eigenvalue weighted by Crippen LogP contribution is -2.48. The zero-order chi connectivity index (χ0) is 25.2. The van der Waals surface area contributed by atoms with Gasteiger partial charge in [0.25, 0.3) is 5.91 Å². The van der Waals surface area contributed by atoms with Gasteiger partial charge in [-0.05, 0) is 54.6 Å². The van der Waals surface area contributed by atoms with E-state index >= 15 is 0 Å². The molecule has 1 aromatic heterocycles. The molecule has 5 rings (SSSR count). The smallest absolute Gasteiger partial charge is 0.254 e. The van der Waals surface area contributed by atoms with Crippen molar-refractivity contribution >= 4 is 28.5 Å². The van der Waals surface area contributed by atoms with E-state index in [2.05, 4.69) is 4.90 Å². The van der Waals surface area contributed by atoms with E-state index in [4.69, 9.17) is 15.5 Å². The van der Waals surface area contributed by atoms with Gasteiger partial charge >= 0.3 is 0 Å².